The van der Waals surface area contributed by atoms with E-state index in [1.807, 2.05) is 13.8 Å². The molecular weight excluding hydrogens is 280 g/mol. The molecule has 2 N–H and O–H groups in total. The third-order valence-corrected chi connectivity index (χ3v) is 2.88. The number of carbonyl (C=O) groups excluding carboxylic acids is 2. The molecule has 0 aliphatic heterocycles. The van der Waals surface area contributed by atoms with E-state index in [0.717, 1.165) is 0 Å². The molecule has 0 saturated heterocycles. The molecule has 0 radical (unpaired) electrons. The highest BCUT2D eigenvalue weighted by molar-refractivity contribution is 6.31. The zero-order valence-corrected chi connectivity index (χ0v) is 12.6. The Hall–Kier alpha value is -1.75. The van der Waals surface area contributed by atoms with Crippen molar-refractivity contribution in [3.63, 3.8) is 0 Å². The van der Waals surface area contributed by atoms with Crippen molar-refractivity contribution < 1.29 is 14.3 Å². The number of halogens is 1. The van der Waals surface area contributed by atoms with Gasteiger partial charge >= 0.3 is 0 Å². The average Bonchev–Trinajstić information content (AvgIpc) is 2.42. The topological polar surface area (TPSA) is 67.4 Å². The maximum absolute atomic E-state index is 12.0. The summed E-state index contributed by atoms with van der Waals surface area (Å²) in [7, 11) is 1.49. The molecule has 2 amide bonds. The predicted octanol–water partition coefficient (Wildman–Crippen LogP) is 1.85. The van der Waals surface area contributed by atoms with Crippen LogP contribution in [-0.4, -0.2) is 32.0 Å². The van der Waals surface area contributed by atoms with Gasteiger partial charge in [0.15, 0.2) is 0 Å². The van der Waals surface area contributed by atoms with Gasteiger partial charge in [0.1, 0.15) is 5.75 Å². The highest BCUT2D eigenvalue weighted by atomic mass is 35.5. The maximum Gasteiger partial charge on any atom is 0.255 e. The van der Waals surface area contributed by atoms with Crippen molar-refractivity contribution in [1.29, 1.82) is 0 Å². The van der Waals surface area contributed by atoms with Crippen LogP contribution in [0.2, 0.25) is 5.02 Å². The molecule has 1 aromatic rings. The molecule has 0 spiro atoms. The number of ether oxygens (including phenoxy) is 1. The lowest BCUT2D eigenvalue weighted by molar-refractivity contribution is -0.123. The van der Waals surface area contributed by atoms with Crippen LogP contribution in [0.1, 0.15) is 24.2 Å². The van der Waals surface area contributed by atoms with E-state index in [2.05, 4.69) is 10.6 Å². The molecule has 0 aliphatic rings. The Balaban J connectivity index is 2.51. The number of amides is 2. The minimum atomic E-state index is -0.289. The van der Waals surface area contributed by atoms with E-state index in [9.17, 15) is 9.59 Å². The Kier molecular flexibility index (Phi) is 6.31. The summed E-state index contributed by atoms with van der Waals surface area (Å²) in [6.07, 6.45) is 0. The van der Waals surface area contributed by atoms with Gasteiger partial charge in [-0.3, -0.25) is 9.59 Å². The van der Waals surface area contributed by atoms with E-state index in [-0.39, 0.29) is 17.7 Å². The molecule has 0 saturated carbocycles. The molecule has 0 aliphatic carbocycles. The Labute approximate surface area is 123 Å². The van der Waals surface area contributed by atoms with Crippen molar-refractivity contribution in [2.45, 2.75) is 13.8 Å². The highest BCUT2D eigenvalue weighted by Crippen LogP contribution is 2.22. The smallest absolute Gasteiger partial charge is 0.255 e. The summed E-state index contributed by atoms with van der Waals surface area (Å²) >= 11 is 5.86. The molecule has 1 aromatic carbocycles. The van der Waals surface area contributed by atoms with Gasteiger partial charge in [0.2, 0.25) is 5.91 Å². The number of hydrogen-bond donors (Lipinski definition) is 2. The van der Waals surface area contributed by atoms with Crippen LogP contribution in [0.15, 0.2) is 18.2 Å². The Morgan fingerprint density at radius 1 is 1.25 bits per heavy atom. The van der Waals surface area contributed by atoms with Crippen molar-refractivity contribution >= 4 is 23.4 Å². The summed E-state index contributed by atoms with van der Waals surface area (Å²) in [6, 6.07) is 4.83. The fraction of sp³-hybridized carbons (Fsp3) is 0.429. The monoisotopic (exact) mass is 298 g/mol. The van der Waals surface area contributed by atoms with Crippen LogP contribution < -0.4 is 15.4 Å². The highest BCUT2D eigenvalue weighted by Gasteiger charge is 2.12. The van der Waals surface area contributed by atoms with Crippen LogP contribution in [0.4, 0.5) is 0 Å². The second-order valence-corrected chi connectivity index (χ2v) is 4.98. The van der Waals surface area contributed by atoms with E-state index < -0.39 is 0 Å². The van der Waals surface area contributed by atoms with Gasteiger partial charge in [0.25, 0.3) is 5.91 Å². The van der Waals surface area contributed by atoms with Gasteiger partial charge in [-0.15, -0.1) is 0 Å². The van der Waals surface area contributed by atoms with E-state index in [1.165, 1.54) is 7.11 Å². The third-order valence-electron chi connectivity index (χ3n) is 2.64. The Morgan fingerprint density at radius 3 is 2.50 bits per heavy atom. The fourth-order valence-corrected chi connectivity index (χ4v) is 1.69. The largest absolute Gasteiger partial charge is 0.496 e. The van der Waals surface area contributed by atoms with Crippen molar-refractivity contribution in [3.05, 3.63) is 28.8 Å². The standard InChI is InChI=1S/C14H19ClN2O3/c1-9(2)13(18)16-6-7-17-14(19)11-8-10(15)4-5-12(11)20-3/h4-5,8-9H,6-7H2,1-3H3,(H,16,18)(H,17,19). The molecule has 5 nitrogen and oxygen atoms in total. The van der Waals surface area contributed by atoms with E-state index >= 15 is 0 Å². The second-order valence-electron chi connectivity index (χ2n) is 4.55. The van der Waals surface area contributed by atoms with Gasteiger partial charge in [-0.1, -0.05) is 25.4 Å². The zero-order chi connectivity index (χ0) is 15.1. The van der Waals surface area contributed by atoms with Crippen LogP contribution in [0, 0.1) is 5.92 Å². The first-order valence-electron chi connectivity index (χ1n) is 6.35. The minimum absolute atomic E-state index is 0.0421. The number of rotatable bonds is 6. The summed E-state index contributed by atoms with van der Waals surface area (Å²) < 4.78 is 5.11. The second kappa shape index (κ2) is 7.75. The van der Waals surface area contributed by atoms with Gasteiger partial charge in [-0.2, -0.15) is 0 Å². The fourth-order valence-electron chi connectivity index (χ4n) is 1.52. The normalized spacial score (nSPS) is 10.2. The molecule has 0 heterocycles. The lowest BCUT2D eigenvalue weighted by Gasteiger charge is -2.11. The van der Waals surface area contributed by atoms with Crippen LogP contribution in [0.25, 0.3) is 0 Å². The lowest BCUT2D eigenvalue weighted by Crippen LogP contribution is -2.36. The molecular formula is C14H19ClN2O3. The lowest BCUT2D eigenvalue weighted by atomic mass is 10.2. The van der Waals surface area contributed by atoms with Gasteiger partial charge in [-0.25, -0.2) is 0 Å². The van der Waals surface area contributed by atoms with Gasteiger partial charge < -0.3 is 15.4 Å². The predicted molar refractivity (Wildman–Crippen MR) is 78.2 cm³/mol. The molecule has 0 atom stereocenters. The SMILES string of the molecule is COc1ccc(Cl)cc1C(=O)NCCNC(=O)C(C)C. The first kappa shape index (κ1) is 16.3. The molecule has 20 heavy (non-hydrogen) atoms. The summed E-state index contributed by atoms with van der Waals surface area (Å²) in [5.74, 6) is 0.0552. The third kappa shape index (κ3) is 4.74. The van der Waals surface area contributed by atoms with Crippen LogP contribution in [0.3, 0.4) is 0 Å². The minimum Gasteiger partial charge on any atom is -0.496 e. The Morgan fingerprint density at radius 2 is 1.90 bits per heavy atom. The summed E-state index contributed by atoms with van der Waals surface area (Å²) in [6.45, 7) is 4.34. The zero-order valence-electron chi connectivity index (χ0n) is 11.8. The molecule has 6 heteroatoms. The number of methoxy groups -OCH3 is 1. The first-order chi connectivity index (χ1) is 9.45. The van der Waals surface area contributed by atoms with E-state index in [4.69, 9.17) is 16.3 Å². The number of carbonyl (C=O) groups is 2. The maximum atomic E-state index is 12.0. The summed E-state index contributed by atoms with van der Waals surface area (Å²) in [4.78, 5) is 23.3. The number of benzene rings is 1. The quantitative estimate of drug-likeness (QED) is 0.788. The molecule has 1 rings (SSSR count). The molecule has 0 fully saturated rings. The molecule has 0 unspecified atom stereocenters. The van der Waals surface area contributed by atoms with Crippen molar-refractivity contribution in [2.75, 3.05) is 20.2 Å². The van der Waals surface area contributed by atoms with Gasteiger partial charge in [0, 0.05) is 24.0 Å². The number of hydrogen-bond acceptors (Lipinski definition) is 3. The first-order valence-corrected chi connectivity index (χ1v) is 6.73. The molecule has 0 aromatic heterocycles. The van der Waals surface area contributed by atoms with Crippen LogP contribution >= 0.6 is 11.6 Å². The summed E-state index contributed by atoms with van der Waals surface area (Å²) in [5, 5.41) is 5.88. The average molecular weight is 299 g/mol. The van der Waals surface area contributed by atoms with Gasteiger partial charge in [-0.05, 0) is 18.2 Å². The molecule has 110 valence electrons. The van der Waals surface area contributed by atoms with Gasteiger partial charge in [0.05, 0.1) is 12.7 Å². The summed E-state index contributed by atoms with van der Waals surface area (Å²) in [5.41, 5.74) is 0.371. The van der Waals surface area contributed by atoms with E-state index in [0.29, 0.717) is 29.4 Å². The van der Waals surface area contributed by atoms with Crippen molar-refractivity contribution in [1.82, 2.24) is 10.6 Å². The van der Waals surface area contributed by atoms with Crippen molar-refractivity contribution in [3.8, 4) is 5.75 Å². The van der Waals surface area contributed by atoms with Crippen LogP contribution in [-0.2, 0) is 4.79 Å². The Bertz CT molecular complexity index is 489. The molecule has 0 bridgehead atoms. The van der Waals surface area contributed by atoms with Crippen LogP contribution in [0.5, 0.6) is 5.75 Å². The number of nitrogens with one attached hydrogen (secondary N) is 2. The van der Waals surface area contributed by atoms with E-state index in [1.54, 1.807) is 18.2 Å². The van der Waals surface area contributed by atoms with Crippen molar-refractivity contribution in [2.24, 2.45) is 5.92 Å².